The maximum Gasteiger partial charge on any atom is 0.0439 e. The second kappa shape index (κ2) is 5.05. The van der Waals surface area contributed by atoms with E-state index in [-0.39, 0.29) is 0 Å². The van der Waals surface area contributed by atoms with Crippen molar-refractivity contribution in [2.24, 2.45) is 5.92 Å². The molecule has 0 aliphatic heterocycles. The minimum absolute atomic E-state index is 0.528. The first kappa shape index (κ1) is 11.7. The number of hydrogen-bond acceptors (Lipinski definition) is 0. The summed E-state index contributed by atoms with van der Waals surface area (Å²) in [5.41, 5.74) is 4.07. The van der Waals surface area contributed by atoms with Crippen LogP contribution < -0.4 is 0 Å². The van der Waals surface area contributed by atoms with Crippen molar-refractivity contribution in [3.05, 3.63) is 41.0 Å². The van der Waals surface area contributed by atoms with E-state index in [9.17, 15) is 0 Å². The Hall–Kier alpha value is -0.750. The molecule has 1 aromatic carbocycles. The Morgan fingerprint density at radius 1 is 1.31 bits per heavy atom. The number of benzene rings is 1. The fraction of sp³-hybridized carbons (Fsp3) is 0.467. The maximum atomic E-state index is 5.94. The summed E-state index contributed by atoms with van der Waals surface area (Å²) in [5, 5.41) is 0. The highest BCUT2D eigenvalue weighted by molar-refractivity contribution is 6.19. The first-order valence-corrected chi connectivity index (χ1v) is 6.60. The summed E-state index contributed by atoms with van der Waals surface area (Å²) in [5.74, 6) is 2.00. The molecule has 0 N–H and O–H groups in total. The van der Waals surface area contributed by atoms with Gasteiger partial charge in [-0.1, -0.05) is 49.8 Å². The van der Waals surface area contributed by atoms with Crippen molar-refractivity contribution in [1.82, 2.24) is 0 Å². The van der Waals surface area contributed by atoms with Gasteiger partial charge in [0.05, 0.1) is 0 Å². The minimum Gasteiger partial charge on any atom is -0.122 e. The van der Waals surface area contributed by atoms with Gasteiger partial charge in [-0.25, -0.2) is 0 Å². The molecule has 1 aliphatic rings. The fourth-order valence-corrected chi connectivity index (χ4v) is 2.24. The van der Waals surface area contributed by atoms with Crippen molar-refractivity contribution in [3.63, 3.8) is 0 Å². The van der Waals surface area contributed by atoms with Crippen molar-refractivity contribution in [2.45, 2.75) is 32.6 Å². The van der Waals surface area contributed by atoms with Crippen LogP contribution in [0.15, 0.2) is 29.8 Å². The summed E-state index contributed by atoms with van der Waals surface area (Å²) < 4.78 is 0. The molecule has 0 radical (unpaired) electrons. The Morgan fingerprint density at radius 2 is 1.94 bits per heavy atom. The zero-order valence-electron chi connectivity index (χ0n) is 10.0. The first-order valence-electron chi connectivity index (χ1n) is 6.07. The van der Waals surface area contributed by atoms with Gasteiger partial charge in [0.2, 0.25) is 0 Å². The lowest BCUT2D eigenvalue weighted by molar-refractivity contribution is 0.778. The van der Waals surface area contributed by atoms with Crippen molar-refractivity contribution < 1.29 is 0 Å². The predicted molar refractivity (Wildman–Crippen MR) is 72.0 cm³/mol. The number of rotatable bonds is 4. The second-order valence-corrected chi connectivity index (χ2v) is 5.22. The van der Waals surface area contributed by atoms with E-state index in [0.717, 1.165) is 5.92 Å². The van der Waals surface area contributed by atoms with E-state index in [2.05, 4.69) is 44.2 Å². The van der Waals surface area contributed by atoms with Gasteiger partial charge in [-0.3, -0.25) is 0 Å². The van der Waals surface area contributed by atoms with E-state index in [1.807, 2.05) is 0 Å². The Bertz CT molecular complexity index is 369. The molecular weight excluding hydrogens is 216 g/mol. The maximum absolute atomic E-state index is 5.94. The molecule has 16 heavy (non-hydrogen) atoms. The van der Waals surface area contributed by atoms with Gasteiger partial charge in [0, 0.05) is 5.88 Å². The summed E-state index contributed by atoms with van der Waals surface area (Å²) in [6.07, 6.45) is 4.95. The summed E-state index contributed by atoms with van der Waals surface area (Å²) >= 11 is 5.94. The van der Waals surface area contributed by atoms with E-state index in [0.29, 0.717) is 11.8 Å². The van der Waals surface area contributed by atoms with Crippen LogP contribution in [0.25, 0.3) is 6.08 Å². The molecule has 2 rings (SSSR count). The topological polar surface area (TPSA) is 0 Å². The van der Waals surface area contributed by atoms with Crippen LogP contribution in [0.3, 0.4) is 0 Å². The van der Waals surface area contributed by atoms with Crippen LogP contribution in [0.2, 0.25) is 0 Å². The molecule has 0 bridgehead atoms. The van der Waals surface area contributed by atoms with Gasteiger partial charge in [0.15, 0.2) is 0 Å². The number of alkyl halides is 1. The number of allylic oxidation sites excluding steroid dienone is 1. The molecule has 0 atom stereocenters. The molecule has 0 saturated heterocycles. The standard InChI is InChI=1S/C15H19Cl/c1-11(2)15(10-16)9-12-3-5-13(6-4-12)14-7-8-14/h3-6,9,11,14H,7-8,10H2,1-2H3. The molecule has 0 aromatic heterocycles. The van der Waals surface area contributed by atoms with Crippen LogP contribution in [-0.4, -0.2) is 5.88 Å². The monoisotopic (exact) mass is 234 g/mol. The van der Waals surface area contributed by atoms with E-state index in [1.54, 1.807) is 0 Å². The van der Waals surface area contributed by atoms with Crippen LogP contribution in [0.5, 0.6) is 0 Å². The average molecular weight is 235 g/mol. The lowest BCUT2D eigenvalue weighted by atomic mass is 10.0. The highest BCUT2D eigenvalue weighted by Crippen LogP contribution is 2.39. The van der Waals surface area contributed by atoms with Gasteiger partial charge in [0.1, 0.15) is 0 Å². The second-order valence-electron chi connectivity index (χ2n) is 4.95. The molecular formula is C15H19Cl. The van der Waals surface area contributed by atoms with Crippen LogP contribution >= 0.6 is 11.6 Å². The Balaban J connectivity index is 2.14. The van der Waals surface area contributed by atoms with Gasteiger partial charge in [-0.05, 0) is 35.8 Å². The van der Waals surface area contributed by atoms with Crippen molar-refractivity contribution in [1.29, 1.82) is 0 Å². The van der Waals surface area contributed by atoms with Crippen LogP contribution in [0.4, 0.5) is 0 Å². The van der Waals surface area contributed by atoms with Gasteiger partial charge in [-0.2, -0.15) is 0 Å². The van der Waals surface area contributed by atoms with Crippen LogP contribution in [-0.2, 0) is 0 Å². The van der Waals surface area contributed by atoms with Gasteiger partial charge < -0.3 is 0 Å². The Labute approximate surface area is 103 Å². The average Bonchev–Trinajstić information content (AvgIpc) is 3.10. The minimum atomic E-state index is 0.528. The van der Waals surface area contributed by atoms with Crippen LogP contribution in [0, 0.1) is 5.92 Å². The molecule has 1 aromatic rings. The zero-order valence-corrected chi connectivity index (χ0v) is 10.8. The fourth-order valence-electron chi connectivity index (χ4n) is 1.85. The molecule has 1 saturated carbocycles. The third-order valence-electron chi connectivity index (χ3n) is 3.23. The van der Waals surface area contributed by atoms with Crippen molar-refractivity contribution >= 4 is 17.7 Å². The summed E-state index contributed by atoms with van der Waals surface area (Å²) in [7, 11) is 0. The summed E-state index contributed by atoms with van der Waals surface area (Å²) in [4.78, 5) is 0. The smallest absolute Gasteiger partial charge is 0.0439 e. The summed E-state index contributed by atoms with van der Waals surface area (Å²) in [6.45, 7) is 4.37. The van der Waals surface area contributed by atoms with E-state index in [1.165, 1.54) is 29.5 Å². The third-order valence-corrected chi connectivity index (χ3v) is 3.54. The lowest BCUT2D eigenvalue weighted by Crippen LogP contribution is -1.95. The molecule has 1 heteroatoms. The third kappa shape index (κ3) is 2.89. The molecule has 0 heterocycles. The first-order chi connectivity index (χ1) is 7.70. The summed E-state index contributed by atoms with van der Waals surface area (Å²) in [6, 6.07) is 8.94. The highest BCUT2D eigenvalue weighted by atomic mass is 35.5. The SMILES string of the molecule is CC(C)C(=Cc1ccc(C2CC2)cc1)CCl. The number of halogens is 1. The normalized spacial score (nSPS) is 16.9. The van der Waals surface area contributed by atoms with E-state index < -0.39 is 0 Å². The number of hydrogen-bond donors (Lipinski definition) is 0. The lowest BCUT2D eigenvalue weighted by Gasteiger charge is -2.08. The van der Waals surface area contributed by atoms with Gasteiger partial charge in [-0.15, -0.1) is 11.6 Å². The highest BCUT2D eigenvalue weighted by Gasteiger charge is 2.22. The molecule has 0 spiro atoms. The Morgan fingerprint density at radius 3 is 2.38 bits per heavy atom. The van der Waals surface area contributed by atoms with Crippen LogP contribution in [0.1, 0.15) is 43.7 Å². The van der Waals surface area contributed by atoms with Crippen molar-refractivity contribution in [3.8, 4) is 0 Å². The van der Waals surface area contributed by atoms with Gasteiger partial charge in [0.25, 0.3) is 0 Å². The van der Waals surface area contributed by atoms with E-state index in [4.69, 9.17) is 11.6 Å². The zero-order chi connectivity index (χ0) is 11.5. The molecule has 0 amide bonds. The molecule has 0 unspecified atom stereocenters. The molecule has 1 fully saturated rings. The van der Waals surface area contributed by atoms with Gasteiger partial charge >= 0.3 is 0 Å². The molecule has 0 nitrogen and oxygen atoms in total. The van der Waals surface area contributed by atoms with E-state index >= 15 is 0 Å². The predicted octanol–water partition coefficient (Wildman–Crippen LogP) is 4.84. The Kier molecular flexibility index (Phi) is 3.70. The largest absolute Gasteiger partial charge is 0.122 e. The molecule has 1 aliphatic carbocycles. The van der Waals surface area contributed by atoms with Crippen molar-refractivity contribution in [2.75, 3.05) is 5.88 Å². The quantitative estimate of drug-likeness (QED) is 0.654. The molecule has 86 valence electrons.